The second-order valence-corrected chi connectivity index (χ2v) is 5.79. The summed E-state index contributed by atoms with van der Waals surface area (Å²) in [5, 5.41) is 0. The van der Waals surface area contributed by atoms with Crippen molar-refractivity contribution in [2.75, 3.05) is 45.9 Å². The van der Waals surface area contributed by atoms with Crippen molar-refractivity contribution in [3.8, 4) is 0 Å². The maximum absolute atomic E-state index is 12.5. The van der Waals surface area contributed by atoms with Gasteiger partial charge in [-0.05, 0) is 19.8 Å². The van der Waals surface area contributed by atoms with Crippen molar-refractivity contribution >= 4 is 17.9 Å². The molecule has 22 heavy (non-hydrogen) atoms. The van der Waals surface area contributed by atoms with Crippen LogP contribution >= 0.6 is 0 Å². The van der Waals surface area contributed by atoms with E-state index in [4.69, 9.17) is 4.74 Å². The Morgan fingerprint density at radius 1 is 0.909 bits per heavy atom. The molecule has 7 heteroatoms. The Morgan fingerprint density at radius 2 is 1.45 bits per heavy atom. The predicted molar refractivity (Wildman–Crippen MR) is 80.2 cm³/mol. The van der Waals surface area contributed by atoms with E-state index in [-0.39, 0.29) is 23.8 Å². The molecule has 2 aliphatic heterocycles. The molecular weight excluding hydrogens is 286 g/mol. The minimum Gasteiger partial charge on any atom is -0.450 e. The maximum atomic E-state index is 12.5. The molecule has 2 saturated heterocycles. The number of carbonyl (C=O) groups is 3. The molecule has 0 spiro atoms. The Bertz CT molecular complexity index is 425. The van der Waals surface area contributed by atoms with Gasteiger partial charge in [-0.1, -0.05) is 0 Å². The number of carbonyl (C=O) groups excluding carboxylic acids is 3. The molecule has 0 N–H and O–H groups in total. The maximum Gasteiger partial charge on any atom is 0.409 e. The summed E-state index contributed by atoms with van der Waals surface area (Å²) < 4.78 is 4.97. The van der Waals surface area contributed by atoms with Crippen molar-refractivity contribution in [3.05, 3.63) is 0 Å². The first-order valence-corrected chi connectivity index (χ1v) is 7.99. The van der Waals surface area contributed by atoms with Crippen LogP contribution in [0, 0.1) is 5.92 Å². The van der Waals surface area contributed by atoms with Crippen LogP contribution in [0.25, 0.3) is 0 Å². The van der Waals surface area contributed by atoms with Crippen molar-refractivity contribution < 1.29 is 19.1 Å². The second kappa shape index (κ2) is 7.47. The number of likely N-dealkylation sites (tertiary alicyclic amines) is 1. The topological polar surface area (TPSA) is 70.2 Å². The second-order valence-electron chi connectivity index (χ2n) is 5.79. The van der Waals surface area contributed by atoms with Crippen LogP contribution in [0.1, 0.15) is 26.7 Å². The number of piperidine rings is 1. The van der Waals surface area contributed by atoms with E-state index in [9.17, 15) is 14.4 Å². The predicted octanol–water partition coefficient (Wildman–Crippen LogP) is 0.546. The van der Waals surface area contributed by atoms with E-state index in [2.05, 4.69) is 0 Å². The highest BCUT2D eigenvalue weighted by atomic mass is 16.6. The fourth-order valence-corrected chi connectivity index (χ4v) is 3.02. The van der Waals surface area contributed by atoms with Crippen LogP contribution in [-0.2, 0) is 14.3 Å². The van der Waals surface area contributed by atoms with Gasteiger partial charge in [0, 0.05) is 52.1 Å². The van der Waals surface area contributed by atoms with Crippen LogP contribution in [0.5, 0.6) is 0 Å². The molecule has 7 nitrogen and oxygen atoms in total. The van der Waals surface area contributed by atoms with Crippen LogP contribution < -0.4 is 0 Å². The lowest BCUT2D eigenvalue weighted by Gasteiger charge is -2.38. The van der Waals surface area contributed by atoms with Crippen LogP contribution in [-0.4, -0.2) is 78.5 Å². The first-order valence-electron chi connectivity index (χ1n) is 7.99. The van der Waals surface area contributed by atoms with Crippen LogP contribution in [0.15, 0.2) is 0 Å². The van der Waals surface area contributed by atoms with E-state index in [1.54, 1.807) is 23.6 Å². The molecule has 0 bridgehead atoms. The van der Waals surface area contributed by atoms with E-state index in [0.29, 0.717) is 45.9 Å². The van der Waals surface area contributed by atoms with Crippen molar-refractivity contribution in [3.63, 3.8) is 0 Å². The summed E-state index contributed by atoms with van der Waals surface area (Å²) in [5.74, 6) is 0.241. The molecule has 0 atom stereocenters. The number of amides is 3. The molecule has 0 radical (unpaired) electrons. The minimum absolute atomic E-state index is 0.00439. The van der Waals surface area contributed by atoms with Gasteiger partial charge in [0.25, 0.3) is 0 Å². The van der Waals surface area contributed by atoms with Crippen molar-refractivity contribution in [1.29, 1.82) is 0 Å². The van der Waals surface area contributed by atoms with E-state index in [1.807, 2.05) is 4.90 Å². The largest absolute Gasteiger partial charge is 0.450 e. The zero-order valence-corrected chi connectivity index (χ0v) is 13.4. The van der Waals surface area contributed by atoms with Gasteiger partial charge in [-0.2, -0.15) is 0 Å². The zero-order valence-electron chi connectivity index (χ0n) is 13.4. The fraction of sp³-hybridized carbons (Fsp3) is 0.800. The average molecular weight is 311 g/mol. The number of ether oxygens (including phenoxy) is 1. The Morgan fingerprint density at radius 3 is 1.95 bits per heavy atom. The van der Waals surface area contributed by atoms with Gasteiger partial charge in [-0.15, -0.1) is 0 Å². The summed E-state index contributed by atoms with van der Waals surface area (Å²) in [6.45, 7) is 7.21. The van der Waals surface area contributed by atoms with Gasteiger partial charge in [0.1, 0.15) is 0 Å². The van der Waals surface area contributed by atoms with Gasteiger partial charge < -0.3 is 19.4 Å². The van der Waals surface area contributed by atoms with E-state index in [0.717, 1.165) is 12.8 Å². The molecule has 0 aromatic rings. The van der Waals surface area contributed by atoms with Crippen LogP contribution in [0.2, 0.25) is 0 Å². The van der Waals surface area contributed by atoms with Gasteiger partial charge in [0.15, 0.2) is 0 Å². The Hall–Kier alpha value is -1.79. The van der Waals surface area contributed by atoms with Gasteiger partial charge in [-0.3, -0.25) is 9.59 Å². The SMILES string of the molecule is CCOC(=O)N1CCN(C(=O)C2CCN(C(C)=O)CC2)CC1. The van der Waals surface area contributed by atoms with E-state index < -0.39 is 0 Å². The number of hydrogen-bond acceptors (Lipinski definition) is 4. The lowest BCUT2D eigenvalue weighted by atomic mass is 9.95. The Kier molecular flexibility index (Phi) is 5.63. The van der Waals surface area contributed by atoms with Gasteiger partial charge in [-0.25, -0.2) is 4.79 Å². The van der Waals surface area contributed by atoms with Gasteiger partial charge in [0.05, 0.1) is 6.61 Å². The molecular formula is C15H25N3O4. The lowest BCUT2D eigenvalue weighted by molar-refractivity contribution is -0.141. The zero-order chi connectivity index (χ0) is 16.1. The van der Waals surface area contributed by atoms with Crippen molar-refractivity contribution in [2.45, 2.75) is 26.7 Å². The third-order valence-corrected chi connectivity index (χ3v) is 4.41. The average Bonchev–Trinajstić information content (AvgIpc) is 2.54. The summed E-state index contributed by atoms with van der Waals surface area (Å²) in [7, 11) is 0. The number of rotatable bonds is 2. The first kappa shape index (κ1) is 16.6. The molecule has 0 unspecified atom stereocenters. The monoisotopic (exact) mass is 311 g/mol. The Balaban J connectivity index is 1.78. The summed E-state index contributed by atoms with van der Waals surface area (Å²) in [6.07, 6.45) is 1.16. The molecule has 2 aliphatic rings. The summed E-state index contributed by atoms with van der Waals surface area (Å²) in [5.41, 5.74) is 0. The summed E-state index contributed by atoms with van der Waals surface area (Å²) >= 11 is 0. The third-order valence-electron chi connectivity index (χ3n) is 4.41. The standard InChI is InChI=1S/C15H25N3O4/c1-3-22-15(21)18-10-8-17(9-11-18)14(20)13-4-6-16(7-5-13)12(2)19/h13H,3-11H2,1-2H3. The minimum atomic E-state index is -0.302. The highest BCUT2D eigenvalue weighted by molar-refractivity contribution is 5.80. The highest BCUT2D eigenvalue weighted by Gasteiger charge is 2.31. The quantitative estimate of drug-likeness (QED) is 0.746. The number of nitrogens with zero attached hydrogens (tertiary/aromatic N) is 3. The summed E-state index contributed by atoms with van der Waals surface area (Å²) in [6, 6.07) is 0. The molecule has 0 aliphatic carbocycles. The lowest BCUT2D eigenvalue weighted by Crippen LogP contribution is -2.53. The van der Waals surface area contributed by atoms with Crippen molar-refractivity contribution in [2.24, 2.45) is 5.92 Å². The van der Waals surface area contributed by atoms with Gasteiger partial charge >= 0.3 is 6.09 Å². The number of hydrogen-bond donors (Lipinski definition) is 0. The molecule has 2 rings (SSSR count). The molecule has 0 aromatic heterocycles. The highest BCUT2D eigenvalue weighted by Crippen LogP contribution is 2.20. The number of piperazine rings is 1. The van der Waals surface area contributed by atoms with E-state index >= 15 is 0 Å². The summed E-state index contributed by atoms with van der Waals surface area (Å²) in [4.78, 5) is 40.7. The van der Waals surface area contributed by atoms with Crippen LogP contribution in [0.4, 0.5) is 4.79 Å². The molecule has 2 heterocycles. The first-order chi connectivity index (χ1) is 10.5. The van der Waals surface area contributed by atoms with Crippen molar-refractivity contribution in [1.82, 2.24) is 14.7 Å². The molecule has 2 fully saturated rings. The molecule has 0 saturated carbocycles. The van der Waals surface area contributed by atoms with Gasteiger partial charge in [0.2, 0.25) is 11.8 Å². The smallest absolute Gasteiger partial charge is 0.409 e. The third kappa shape index (κ3) is 3.90. The molecule has 3 amide bonds. The molecule has 0 aromatic carbocycles. The fourth-order valence-electron chi connectivity index (χ4n) is 3.02. The Labute approximate surface area is 131 Å². The van der Waals surface area contributed by atoms with Crippen LogP contribution in [0.3, 0.4) is 0 Å². The normalized spacial score (nSPS) is 20.0. The molecule has 124 valence electrons. The van der Waals surface area contributed by atoms with E-state index in [1.165, 1.54) is 0 Å².